The summed E-state index contributed by atoms with van der Waals surface area (Å²) in [7, 11) is 0. The quantitative estimate of drug-likeness (QED) is 0.307. The van der Waals surface area contributed by atoms with Crippen molar-refractivity contribution in [1.29, 1.82) is 0 Å². The van der Waals surface area contributed by atoms with Crippen molar-refractivity contribution in [3.63, 3.8) is 0 Å². The molecule has 1 heterocycles. The van der Waals surface area contributed by atoms with Crippen molar-refractivity contribution < 1.29 is 9.59 Å². The van der Waals surface area contributed by atoms with E-state index in [1.807, 2.05) is 82.3 Å². The van der Waals surface area contributed by atoms with Crippen molar-refractivity contribution in [2.45, 2.75) is 33.7 Å². The number of nitrogens with zero attached hydrogens (tertiary/aromatic N) is 2. The summed E-state index contributed by atoms with van der Waals surface area (Å²) in [4.78, 5) is 30.5. The fraction of sp³-hybridized carbons (Fsp3) is 0.286. The third kappa shape index (κ3) is 4.84. The SMILES string of the molecule is Cc1cc(C)c(C(=O)C(=O)N2CCN(c3ccc(C)cc3Cl)C(c3ccc(Cl)cc3)C2)c(C)c1. The highest BCUT2D eigenvalue weighted by Gasteiger charge is 2.35. The van der Waals surface area contributed by atoms with E-state index in [2.05, 4.69) is 4.90 Å². The van der Waals surface area contributed by atoms with E-state index in [1.165, 1.54) is 0 Å². The molecule has 1 saturated heterocycles. The monoisotopic (exact) mass is 494 g/mol. The smallest absolute Gasteiger partial charge is 0.295 e. The van der Waals surface area contributed by atoms with Crippen LogP contribution < -0.4 is 4.90 Å². The lowest BCUT2D eigenvalue weighted by Crippen LogP contribution is -2.52. The molecule has 0 aromatic heterocycles. The summed E-state index contributed by atoms with van der Waals surface area (Å²) in [6, 6.07) is 17.3. The maximum absolute atomic E-state index is 13.4. The molecule has 0 radical (unpaired) electrons. The lowest BCUT2D eigenvalue weighted by Gasteiger charge is -2.43. The number of piperazine rings is 1. The van der Waals surface area contributed by atoms with Crippen molar-refractivity contribution in [2.75, 3.05) is 24.5 Å². The molecule has 4 rings (SSSR count). The minimum atomic E-state index is -0.469. The fourth-order valence-corrected chi connectivity index (χ4v) is 5.33. The maximum atomic E-state index is 13.4. The summed E-state index contributed by atoms with van der Waals surface area (Å²) in [5.41, 5.74) is 6.24. The standard InChI is InChI=1S/C28H28Cl2N2O2/c1-17-5-10-24(23(30)15-17)32-12-11-31(16-25(32)21-6-8-22(29)9-7-21)28(34)27(33)26-19(3)13-18(2)14-20(26)4/h5-10,13-15,25H,11-12,16H2,1-4H3. The van der Waals surface area contributed by atoms with Gasteiger partial charge in [-0.1, -0.05) is 59.1 Å². The zero-order valence-corrected chi connectivity index (χ0v) is 21.4. The van der Waals surface area contributed by atoms with Gasteiger partial charge in [0.15, 0.2) is 0 Å². The molecule has 1 amide bonds. The van der Waals surface area contributed by atoms with Crippen molar-refractivity contribution in [3.05, 3.63) is 98.0 Å². The van der Waals surface area contributed by atoms with Gasteiger partial charge in [-0.2, -0.15) is 0 Å². The molecule has 0 saturated carbocycles. The Hall–Kier alpha value is -2.82. The lowest BCUT2D eigenvalue weighted by atomic mass is 9.95. The molecule has 1 aliphatic rings. The van der Waals surface area contributed by atoms with Gasteiger partial charge in [0.25, 0.3) is 11.7 Å². The molecular weight excluding hydrogens is 467 g/mol. The fourth-order valence-electron chi connectivity index (χ4n) is 4.86. The van der Waals surface area contributed by atoms with Gasteiger partial charge in [0.05, 0.1) is 16.8 Å². The number of amides is 1. The number of Topliss-reactive ketones (excluding diaryl/α,β-unsaturated/α-hetero) is 1. The number of halogens is 2. The van der Waals surface area contributed by atoms with E-state index in [-0.39, 0.29) is 6.04 Å². The van der Waals surface area contributed by atoms with Gasteiger partial charge in [-0.25, -0.2) is 0 Å². The summed E-state index contributed by atoms with van der Waals surface area (Å²) in [6.45, 7) is 9.12. The lowest BCUT2D eigenvalue weighted by molar-refractivity contribution is -0.127. The van der Waals surface area contributed by atoms with Crippen molar-refractivity contribution in [3.8, 4) is 0 Å². The molecule has 0 spiro atoms. The van der Waals surface area contributed by atoms with E-state index in [1.54, 1.807) is 4.90 Å². The van der Waals surface area contributed by atoms with Crippen LogP contribution in [0.1, 0.15) is 44.2 Å². The average Bonchev–Trinajstić information content (AvgIpc) is 2.78. The molecular formula is C28H28Cl2N2O2. The predicted octanol–water partition coefficient (Wildman–Crippen LogP) is 6.50. The normalized spacial score (nSPS) is 16.0. The number of hydrogen-bond acceptors (Lipinski definition) is 3. The number of hydrogen-bond donors (Lipinski definition) is 0. The highest BCUT2D eigenvalue weighted by Crippen LogP contribution is 2.36. The van der Waals surface area contributed by atoms with Gasteiger partial charge in [0, 0.05) is 30.2 Å². The second kappa shape index (κ2) is 9.81. The third-order valence-corrected chi connectivity index (χ3v) is 6.99. The maximum Gasteiger partial charge on any atom is 0.295 e. The van der Waals surface area contributed by atoms with Crippen LogP contribution in [0.5, 0.6) is 0 Å². The van der Waals surface area contributed by atoms with E-state index in [4.69, 9.17) is 23.2 Å². The molecule has 3 aromatic carbocycles. The molecule has 1 fully saturated rings. The molecule has 4 nitrogen and oxygen atoms in total. The Kier molecular flexibility index (Phi) is 7.01. The summed E-state index contributed by atoms with van der Waals surface area (Å²) in [6.07, 6.45) is 0. The van der Waals surface area contributed by atoms with Crippen LogP contribution in [0.2, 0.25) is 10.0 Å². The van der Waals surface area contributed by atoms with Gasteiger partial charge < -0.3 is 9.80 Å². The zero-order chi connectivity index (χ0) is 24.6. The summed E-state index contributed by atoms with van der Waals surface area (Å²) >= 11 is 12.8. The van der Waals surface area contributed by atoms with E-state index in [0.29, 0.717) is 35.2 Å². The van der Waals surface area contributed by atoms with Crippen molar-refractivity contribution in [1.82, 2.24) is 4.90 Å². The topological polar surface area (TPSA) is 40.6 Å². The number of rotatable bonds is 4. The molecule has 0 N–H and O–H groups in total. The van der Waals surface area contributed by atoms with Crippen LogP contribution in [0.3, 0.4) is 0 Å². The Morgan fingerprint density at radius 1 is 0.824 bits per heavy atom. The summed E-state index contributed by atoms with van der Waals surface area (Å²) in [5, 5.41) is 1.31. The van der Waals surface area contributed by atoms with Gasteiger partial charge in [0.2, 0.25) is 0 Å². The van der Waals surface area contributed by atoms with E-state index in [9.17, 15) is 9.59 Å². The first kappa shape index (κ1) is 24.3. The van der Waals surface area contributed by atoms with Gasteiger partial charge >= 0.3 is 0 Å². The number of anilines is 1. The van der Waals surface area contributed by atoms with Gasteiger partial charge in [-0.3, -0.25) is 9.59 Å². The Morgan fingerprint density at radius 2 is 1.47 bits per heavy atom. The number of aryl methyl sites for hydroxylation is 4. The molecule has 34 heavy (non-hydrogen) atoms. The molecule has 0 aliphatic carbocycles. The van der Waals surface area contributed by atoms with Gasteiger partial charge in [0.1, 0.15) is 0 Å². The van der Waals surface area contributed by atoms with Crippen molar-refractivity contribution in [2.24, 2.45) is 0 Å². The molecule has 1 atom stereocenters. The summed E-state index contributed by atoms with van der Waals surface area (Å²) in [5.74, 6) is -0.921. The van der Waals surface area contributed by atoms with E-state index >= 15 is 0 Å². The number of carbonyl (C=O) groups excluding carboxylic acids is 2. The van der Waals surface area contributed by atoms with Crippen molar-refractivity contribution >= 4 is 40.6 Å². The molecule has 176 valence electrons. The molecule has 1 unspecified atom stereocenters. The number of carbonyl (C=O) groups is 2. The average molecular weight is 495 g/mol. The third-order valence-electron chi connectivity index (χ3n) is 6.43. The van der Waals surface area contributed by atoms with Gasteiger partial charge in [-0.15, -0.1) is 0 Å². The first-order valence-electron chi connectivity index (χ1n) is 11.4. The second-order valence-electron chi connectivity index (χ2n) is 9.07. The van der Waals surface area contributed by atoms with Gasteiger partial charge in [-0.05, 0) is 74.2 Å². The first-order valence-corrected chi connectivity index (χ1v) is 12.1. The molecule has 6 heteroatoms. The minimum absolute atomic E-state index is 0.164. The van der Waals surface area contributed by atoms with Crippen LogP contribution in [-0.4, -0.2) is 36.2 Å². The largest absolute Gasteiger partial charge is 0.360 e. The van der Waals surface area contributed by atoms with Crippen LogP contribution in [0.4, 0.5) is 5.69 Å². The molecule has 0 bridgehead atoms. The van der Waals surface area contributed by atoms with Crippen LogP contribution in [0.15, 0.2) is 54.6 Å². The Morgan fingerprint density at radius 3 is 2.09 bits per heavy atom. The molecule has 3 aromatic rings. The highest BCUT2D eigenvalue weighted by atomic mass is 35.5. The van der Waals surface area contributed by atoms with Crippen LogP contribution in [0, 0.1) is 27.7 Å². The van der Waals surface area contributed by atoms with Crippen LogP contribution in [0.25, 0.3) is 0 Å². The summed E-state index contributed by atoms with van der Waals surface area (Å²) < 4.78 is 0. The van der Waals surface area contributed by atoms with Crippen LogP contribution in [-0.2, 0) is 4.79 Å². The molecule has 1 aliphatic heterocycles. The zero-order valence-electron chi connectivity index (χ0n) is 19.9. The van der Waals surface area contributed by atoms with E-state index in [0.717, 1.165) is 33.5 Å². The predicted molar refractivity (Wildman–Crippen MR) is 139 cm³/mol. The highest BCUT2D eigenvalue weighted by molar-refractivity contribution is 6.43. The van der Waals surface area contributed by atoms with Crippen LogP contribution >= 0.6 is 23.2 Å². The Balaban J connectivity index is 1.66. The number of ketones is 1. The Bertz CT molecular complexity index is 1230. The second-order valence-corrected chi connectivity index (χ2v) is 9.91. The minimum Gasteiger partial charge on any atom is -0.360 e. The van der Waals surface area contributed by atoms with E-state index < -0.39 is 11.7 Å². The first-order chi connectivity index (χ1) is 16.2. The number of benzene rings is 3. The Labute approximate surface area is 211 Å².